The van der Waals surface area contributed by atoms with Crippen molar-refractivity contribution in [3.63, 3.8) is 0 Å². The number of hydrogen-bond donors (Lipinski definition) is 1. The predicted octanol–water partition coefficient (Wildman–Crippen LogP) is 0.451. The molecule has 2 aromatic rings. The van der Waals surface area contributed by atoms with Crippen LogP contribution in [0.2, 0.25) is 0 Å². The summed E-state index contributed by atoms with van der Waals surface area (Å²) >= 11 is 1.64. The monoisotopic (exact) mass is 279 g/mol. The molecule has 19 heavy (non-hydrogen) atoms. The van der Waals surface area contributed by atoms with Crippen molar-refractivity contribution in [2.24, 2.45) is 7.05 Å². The van der Waals surface area contributed by atoms with Crippen LogP contribution in [0.25, 0.3) is 0 Å². The quantitative estimate of drug-likeness (QED) is 0.742. The molecule has 0 bridgehead atoms. The molecule has 0 aromatic carbocycles. The van der Waals surface area contributed by atoms with E-state index in [0.29, 0.717) is 0 Å². The van der Waals surface area contributed by atoms with Crippen molar-refractivity contribution < 1.29 is 0 Å². The molecule has 0 spiro atoms. The zero-order valence-corrected chi connectivity index (χ0v) is 11.7. The van der Waals surface area contributed by atoms with Crippen LogP contribution < -0.4 is 5.32 Å². The van der Waals surface area contributed by atoms with Gasteiger partial charge >= 0.3 is 0 Å². The second-order valence-corrected chi connectivity index (χ2v) is 5.67. The fourth-order valence-electron chi connectivity index (χ4n) is 1.80. The summed E-state index contributed by atoms with van der Waals surface area (Å²) in [6.07, 6.45) is 6.49. The first kappa shape index (κ1) is 12.6. The molecule has 0 radical (unpaired) electrons. The number of thioether (sulfide) groups is 1. The Morgan fingerprint density at radius 2 is 2.37 bits per heavy atom. The molecule has 8 heteroatoms. The second kappa shape index (κ2) is 5.70. The number of aryl methyl sites for hydroxylation is 1. The van der Waals surface area contributed by atoms with Gasteiger partial charge in [-0.15, -0.1) is 5.10 Å². The van der Waals surface area contributed by atoms with E-state index in [4.69, 9.17) is 0 Å². The molecule has 7 nitrogen and oxygen atoms in total. The molecule has 0 aliphatic heterocycles. The Labute approximate surface area is 115 Å². The lowest BCUT2D eigenvalue weighted by Crippen LogP contribution is -2.22. The maximum atomic E-state index is 4.15. The van der Waals surface area contributed by atoms with Crippen molar-refractivity contribution in [3.05, 3.63) is 18.0 Å². The van der Waals surface area contributed by atoms with Crippen LogP contribution in [0, 0.1) is 0 Å². The summed E-state index contributed by atoms with van der Waals surface area (Å²) in [5, 5.41) is 20.3. The zero-order valence-electron chi connectivity index (χ0n) is 10.9. The minimum Gasteiger partial charge on any atom is -0.312 e. The zero-order chi connectivity index (χ0) is 13.1. The van der Waals surface area contributed by atoms with Crippen molar-refractivity contribution in [1.29, 1.82) is 0 Å². The highest BCUT2D eigenvalue weighted by Crippen LogP contribution is 2.20. The van der Waals surface area contributed by atoms with Gasteiger partial charge in [-0.1, -0.05) is 11.8 Å². The van der Waals surface area contributed by atoms with Crippen LogP contribution in [0.5, 0.6) is 0 Å². The van der Waals surface area contributed by atoms with Crippen LogP contribution in [-0.4, -0.2) is 42.6 Å². The Hall–Kier alpha value is -1.41. The predicted molar refractivity (Wildman–Crippen MR) is 71.6 cm³/mol. The number of hydrogen-bond acceptors (Lipinski definition) is 6. The van der Waals surface area contributed by atoms with Gasteiger partial charge in [0.25, 0.3) is 0 Å². The summed E-state index contributed by atoms with van der Waals surface area (Å²) in [4.78, 5) is 0. The molecule has 0 amide bonds. The molecule has 1 N–H and O–H groups in total. The topological polar surface area (TPSA) is 73.5 Å². The molecule has 0 saturated heterocycles. The highest BCUT2D eigenvalue weighted by atomic mass is 32.2. The molecular weight excluding hydrogens is 262 g/mol. The smallest absolute Gasteiger partial charge is 0.209 e. The fraction of sp³-hybridized carbons (Fsp3) is 0.636. The van der Waals surface area contributed by atoms with Crippen molar-refractivity contribution in [3.8, 4) is 0 Å². The summed E-state index contributed by atoms with van der Waals surface area (Å²) in [7, 11) is 1.92. The van der Waals surface area contributed by atoms with E-state index in [0.717, 1.165) is 30.0 Å². The highest BCUT2D eigenvalue weighted by molar-refractivity contribution is 7.98. The summed E-state index contributed by atoms with van der Waals surface area (Å²) < 4.78 is 3.66. The standard InChI is InChI=1S/C11H17N7S/c1-17-7-9(6-13-17)8-19-11-14-15-16-18(11)5-4-12-10-2-3-10/h6-7,10,12H,2-5,8H2,1H3. The lowest BCUT2D eigenvalue weighted by molar-refractivity contribution is 0.509. The van der Waals surface area contributed by atoms with E-state index < -0.39 is 0 Å². The van der Waals surface area contributed by atoms with E-state index in [9.17, 15) is 0 Å². The summed E-state index contributed by atoms with van der Waals surface area (Å²) in [5.41, 5.74) is 1.18. The van der Waals surface area contributed by atoms with Crippen molar-refractivity contribution in [1.82, 2.24) is 35.3 Å². The van der Waals surface area contributed by atoms with Gasteiger partial charge in [0.15, 0.2) is 0 Å². The third-order valence-corrected chi connectivity index (χ3v) is 3.99. The largest absolute Gasteiger partial charge is 0.312 e. The third-order valence-electron chi connectivity index (χ3n) is 2.96. The Morgan fingerprint density at radius 3 is 3.11 bits per heavy atom. The summed E-state index contributed by atoms with van der Waals surface area (Å²) in [5.74, 6) is 0.838. The Bertz CT molecular complexity index is 531. The van der Waals surface area contributed by atoms with Crippen molar-refractivity contribution in [2.45, 2.75) is 36.3 Å². The number of nitrogens with zero attached hydrogens (tertiary/aromatic N) is 6. The van der Waals surface area contributed by atoms with Gasteiger partial charge in [-0.2, -0.15) is 5.10 Å². The molecule has 2 aromatic heterocycles. The van der Waals surface area contributed by atoms with E-state index in [2.05, 4.69) is 25.9 Å². The molecule has 0 unspecified atom stereocenters. The number of aromatic nitrogens is 6. The first-order valence-corrected chi connectivity index (χ1v) is 7.40. The average molecular weight is 279 g/mol. The first-order valence-electron chi connectivity index (χ1n) is 6.41. The van der Waals surface area contributed by atoms with Gasteiger partial charge < -0.3 is 5.32 Å². The number of nitrogens with one attached hydrogen (secondary N) is 1. The van der Waals surface area contributed by atoms with E-state index in [-0.39, 0.29) is 0 Å². The molecule has 1 aliphatic rings. The molecular formula is C11H17N7S. The van der Waals surface area contributed by atoms with Gasteiger partial charge in [0, 0.05) is 37.1 Å². The first-order chi connectivity index (χ1) is 9.31. The van der Waals surface area contributed by atoms with Crippen LogP contribution >= 0.6 is 11.8 Å². The molecule has 3 rings (SSSR count). The Balaban J connectivity index is 1.50. The van der Waals surface area contributed by atoms with E-state index in [1.165, 1.54) is 18.4 Å². The van der Waals surface area contributed by atoms with Crippen LogP contribution in [0.1, 0.15) is 18.4 Å². The second-order valence-electron chi connectivity index (χ2n) is 4.72. The summed E-state index contributed by atoms with van der Waals surface area (Å²) in [6, 6.07) is 0.725. The Morgan fingerprint density at radius 1 is 1.47 bits per heavy atom. The van der Waals surface area contributed by atoms with E-state index in [1.54, 1.807) is 16.4 Å². The van der Waals surface area contributed by atoms with Crippen molar-refractivity contribution >= 4 is 11.8 Å². The van der Waals surface area contributed by atoms with Crippen molar-refractivity contribution in [2.75, 3.05) is 6.54 Å². The van der Waals surface area contributed by atoms with Gasteiger partial charge in [-0.3, -0.25) is 4.68 Å². The lowest BCUT2D eigenvalue weighted by Gasteiger charge is -2.04. The SMILES string of the molecule is Cn1cc(CSc2nnnn2CCNC2CC2)cn1. The Kier molecular flexibility index (Phi) is 3.79. The van der Waals surface area contributed by atoms with Crippen LogP contribution in [-0.2, 0) is 19.3 Å². The van der Waals surface area contributed by atoms with Crippen LogP contribution in [0.15, 0.2) is 17.6 Å². The third kappa shape index (κ3) is 3.54. The van der Waals surface area contributed by atoms with Gasteiger partial charge in [0.2, 0.25) is 5.16 Å². The molecule has 1 aliphatic carbocycles. The van der Waals surface area contributed by atoms with Gasteiger partial charge in [-0.05, 0) is 23.3 Å². The minimum atomic E-state index is 0.725. The average Bonchev–Trinajstić information content (AvgIpc) is 2.95. The highest BCUT2D eigenvalue weighted by Gasteiger charge is 2.20. The van der Waals surface area contributed by atoms with Crippen LogP contribution in [0.3, 0.4) is 0 Å². The number of rotatable bonds is 7. The fourth-order valence-corrected chi connectivity index (χ4v) is 2.61. The normalized spacial score (nSPS) is 15.0. The summed E-state index contributed by atoms with van der Waals surface area (Å²) in [6.45, 7) is 1.75. The molecule has 102 valence electrons. The maximum absolute atomic E-state index is 4.15. The molecule has 2 heterocycles. The van der Waals surface area contributed by atoms with Crippen LogP contribution in [0.4, 0.5) is 0 Å². The van der Waals surface area contributed by atoms with E-state index in [1.807, 2.05) is 24.1 Å². The number of tetrazole rings is 1. The van der Waals surface area contributed by atoms with E-state index >= 15 is 0 Å². The minimum absolute atomic E-state index is 0.725. The molecule has 0 atom stereocenters. The van der Waals surface area contributed by atoms with Gasteiger partial charge in [0.1, 0.15) is 0 Å². The maximum Gasteiger partial charge on any atom is 0.209 e. The van der Waals surface area contributed by atoms with Gasteiger partial charge in [-0.25, -0.2) is 4.68 Å². The van der Waals surface area contributed by atoms with Gasteiger partial charge in [0.05, 0.1) is 12.7 Å². The molecule has 1 saturated carbocycles. The molecule has 1 fully saturated rings. The lowest BCUT2D eigenvalue weighted by atomic mass is 10.4.